The van der Waals surface area contributed by atoms with Crippen LogP contribution in [-0.2, 0) is 29.0 Å². The number of ketones is 3. The molecule has 0 unspecified atom stereocenters. The molecule has 8 heteroatoms. The summed E-state index contributed by atoms with van der Waals surface area (Å²) in [6, 6.07) is 1.94. The number of hydrogen-bond acceptors (Lipinski definition) is 8. The zero-order valence-electron chi connectivity index (χ0n) is 19.8. The van der Waals surface area contributed by atoms with Crippen LogP contribution in [-0.4, -0.2) is 61.4 Å². The summed E-state index contributed by atoms with van der Waals surface area (Å²) in [6.07, 6.45) is 5.10. The fourth-order valence-corrected chi connectivity index (χ4v) is 6.26. The molecule has 0 saturated carbocycles. The topological polar surface area (TPSA) is 135 Å². The zero-order valence-corrected chi connectivity index (χ0v) is 19.8. The Hall–Kier alpha value is -3.23. The Kier molecular flexibility index (Phi) is 5.49. The van der Waals surface area contributed by atoms with Crippen LogP contribution in [0.15, 0.2) is 40.9 Å². The van der Waals surface area contributed by atoms with Gasteiger partial charge in [-0.05, 0) is 43.2 Å². The molecule has 0 aromatic heterocycles. The van der Waals surface area contributed by atoms with Crippen LogP contribution in [0.2, 0.25) is 0 Å². The average molecular weight is 480 g/mol. The Morgan fingerprint density at radius 1 is 1.11 bits per heavy atom. The van der Waals surface area contributed by atoms with E-state index < -0.39 is 51.9 Å². The molecule has 1 aromatic rings. The number of aryl methyl sites for hydroxylation is 1. The number of phenolic OH excluding ortho intramolecular Hbond substituents is 1. The average Bonchev–Trinajstić information content (AvgIpc) is 3.31. The first kappa shape index (κ1) is 23.5. The van der Waals surface area contributed by atoms with Crippen molar-refractivity contribution in [2.45, 2.75) is 51.7 Å². The summed E-state index contributed by atoms with van der Waals surface area (Å²) in [5.74, 6) is -5.08. The molecule has 8 nitrogen and oxygen atoms in total. The van der Waals surface area contributed by atoms with Crippen molar-refractivity contribution in [2.24, 2.45) is 11.8 Å². The molecule has 184 valence electrons. The van der Waals surface area contributed by atoms with Crippen LogP contribution in [0, 0.1) is 11.8 Å². The van der Waals surface area contributed by atoms with E-state index in [-0.39, 0.29) is 29.7 Å². The van der Waals surface area contributed by atoms with Crippen molar-refractivity contribution in [1.82, 2.24) is 4.90 Å². The second-order valence-corrected chi connectivity index (χ2v) is 10.0. The molecule has 1 aliphatic heterocycles. The normalized spacial score (nSPS) is 28.3. The highest BCUT2D eigenvalue weighted by molar-refractivity contribution is 6.25. The number of aromatic hydroxyl groups is 1. The van der Waals surface area contributed by atoms with E-state index in [0.29, 0.717) is 24.9 Å². The first-order chi connectivity index (χ1) is 16.6. The number of Topliss-reactive ketones (excluding diaryl/α,β-unsaturated/α-hetero) is 3. The molecule has 5 rings (SSSR count). The summed E-state index contributed by atoms with van der Waals surface area (Å²) in [6.45, 7) is 5.03. The molecule has 0 spiro atoms. The lowest BCUT2D eigenvalue weighted by Crippen LogP contribution is -2.56. The van der Waals surface area contributed by atoms with Crippen molar-refractivity contribution in [3.05, 3.63) is 63.1 Å². The minimum Gasteiger partial charge on any atom is -0.511 e. The molecule has 1 aromatic carbocycles. The van der Waals surface area contributed by atoms with Crippen LogP contribution in [0.5, 0.6) is 5.75 Å². The second kappa shape index (κ2) is 8.17. The number of allylic oxidation sites excluding steroid dienone is 2. The number of hydrogen-bond donors (Lipinski definition) is 4. The Morgan fingerprint density at radius 2 is 1.80 bits per heavy atom. The fraction of sp³-hybridized carbons (Fsp3) is 0.444. The number of carbonyl (C=O) groups excluding carboxylic acids is 3. The van der Waals surface area contributed by atoms with Gasteiger partial charge >= 0.3 is 0 Å². The Balaban J connectivity index is 1.63. The van der Waals surface area contributed by atoms with Crippen LogP contribution in [0.1, 0.15) is 53.7 Å². The van der Waals surface area contributed by atoms with E-state index in [0.717, 1.165) is 31.1 Å². The maximum absolute atomic E-state index is 13.8. The van der Waals surface area contributed by atoms with Crippen LogP contribution in [0.4, 0.5) is 0 Å². The standard InChI is InChI=1S/C27H29NO7/c1-3-14-8-16(12-28-6-4-5-7-28)23(31)22-18(14)10-15-9-17-11-19(30)20(13(2)29)25(33)27(17,35)26(34)21(15)24(22)32/h4-5,8,15,17,30-31,34-35H,3,6-7,9-12H2,1-2H3/t15-,17+,27-/m1/s1. The quantitative estimate of drug-likeness (QED) is 0.382. The predicted octanol–water partition coefficient (Wildman–Crippen LogP) is 2.62. The van der Waals surface area contributed by atoms with E-state index in [2.05, 4.69) is 4.90 Å². The maximum Gasteiger partial charge on any atom is 0.209 e. The van der Waals surface area contributed by atoms with Crippen molar-refractivity contribution in [1.29, 1.82) is 0 Å². The third kappa shape index (κ3) is 3.31. The smallest absolute Gasteiger partial charge is 0.209 e. The number of carbonyl (C=O) groups is 3. The second-order valence-electron chi connectivity index (χ2n) is 10.0. The van der Waals surface area contributed by atoms with Gasteiger partial charge in [0.15, 0.2) is 17.2 Å². The number of fused-ring (bicyclic) bond motifs is 3. The number of aliphatic hydroxyl groups is 3. The molecule has 3 aliphatic carbocycles. The largest absolute Gasteiger partial charge is 0.511 e. The van der Waals surface area contributed by atoms with Gasteiger partial charge in [-0.1, -0.05) is 25.1 Å². The molecule has 0 saturated heterocycles. The summed E-state index contributed by atoms with van der Waals surface area (Å²) < 4.78 is 0. The van der Waals surface area contributed by atoms with Crippen molar-refractivity contribution < 1.29 is 34.8 Å². The van der Waals surface area contributed by atoms with Gasteiger partial charge in [0.25, 0.3) is 0 Å². The van der Waals surface area contributed by atoms with Gasteiger partial charge in [0.1, 0.15) is 22.8 Å². The Morgan fingerprint density at radius 3 is 2.43 bits per heavy atom. The molecular formula is C27H29NO7. The van der Waals surface area contributed by atoms with E-state index in [1.54, 1.807) is 0 Å². The molecule has 35 heavy (non-hydrogen) atoms. The molecule has 4 aliphatic rings. The van der Waals surface area contributed by atoms with E-state index in [1.807, 2.05) is 25.1 Å². The van der Waals surface area contributed by atoms with Crippen molar-refractivity contribution >= 4 is 17.3 Å². The molecule has 1 heterocycles. The van der Waals surface area contributed by atoms with Gasteiger partial charge in [0.05, 0.1) is 5.56 Å². The summed E-state index contributed by atoms with van der Waals surface area (Å²) in [5, 5.41) is 44.1. The van der Waals surface area contributed by atoms with Crippen LogP contribution < -0.4 is 0 Å². The maximum atomic E-state index is 13.8. The number of phenols is 1. The SMILES string of the molecule is CCc1cc(CN2CC=CC2)c(O)c2c1C[C@H]1C[C@H]3CC(O)=C(C(C)=O)C(=O)[C@@]3(O)C(O)=C1C2=O. The van der Waals surface area contributed by atoms with Gasteiger partial charge in [-0.25, -0.2) is 0 Å². The van der Waals surface area contributed by atoms with Gasteiger partial charge in [-0.3, -0.25) is 19.3 Å². The predicted molar refractivity (Wildman–Crippen MR) is 126 cm³/mol. The molecule has 3 atom stereocenters. The fourth-order valence-electron chi connectivity index (χ4n) is 6.26. The zero-order chi connectivity index (χ0) is 25.2. The Labute approximate surface area is 202 Å². The van der Waals surface area contributed by atoms with Gasteiger partial charge < -0.3 is 20.4 Å². The van der Waals surface area contributed by atoms with Gasteiger partial charge in [0, 0.05) is 43.1 Å². The molecule has 0 amide bonds. The van der Waals surface area contributed by atoms with Crippen molar-refractivity contribution in [2.75, 3.05) is 13.1 Å². The van der Waals surface area contributed by atoms with E-state index in [9.17, 15) is 34.8 Å². The minimum atomic E-state index is -2.46. The first-order valence-corrected chi connectivity index (χ1v) is 12.0. The number of rotatable bonds is 4. The van der Waals surface area contributed by atoms with Crippen molar-refractivity contribution in [3.8, 4) is 5.75 Å². The van der Waals surface area contributed by atoms with Gasteiger partial charge in [-0.2, -0.15) is 0 Å². The minimum absolute atomic E-state index is 0.0914. The molecule has 0 fully saturated rings. The Bertz CT molecular complexity index is 1260. The molecule has 0 bridgehead atoms. The van der Waals surface area contributed by atoms with Crippen molar-refractivity contribution in [3.63, 3.8) is 0 Å². The molecular weight excluding hydrogens is 450 g/mol. The summed E-state index contributed by atoms with van der Waals surface area (Å²) in [4.78, 5) is 41.0. The number of nitrogens with zero attached hydrogens (tertiary/aromatic N) is 1. The van der Waals surface area contributed by atoms with E-state index in [1.165, 1.54) is 0 Å². The molecule has 4 N–H and O–H groups in total. The lowest BCUT2D eigenvalue weighted by Gasteiger charge is -2.46. The van der Waals surface area contributed by atoms with Gasteiger partial charge in [0.2, 0.25) is 5.78 Å². The van der Waals surface area contributed by atoms with Crippen LogP contribution in [0.3, 0.4) is 0 Å². The third-order valence-corrected chi connectivity index (χ3v) is 8.01. The summed E-state index contributed by atoms with van der Waals surface area (Å²) in [7, 11) is 0. The summed E-state index contributed by atoms with van der Waals surface area (Å²) in [5.41, 5.74) is -0.717. The van der Waals surface area contributed by atoms with Gasteiger partial charge in [-0.15, -0.1) is 0 Å². The van der Waals surface area contributed by atoms with Crippen LogP contribution in [0.25, 0.3) is 0 Å². The highest BCUT2D eigenvalue weighted by Crippen LogP contribution is 2.52. The number of benzene rings is 1. The number of aliphatic hydroxyl groups excluding tert-OH is 2. The highest BCUT2D eigenvalue weighted by atomic mass is 16.3. The lowest BCUT2D eigenvalue weighted by molar-refractivity contribution is -0.144. The van der Waals surface area contributed by atoms with E-state index in [4.69, 9.17) is 0 Å². The highest BCUT2D eigenvalue weighted by Gasteiger charge is 2.59. The monoisotopic (exact) mass is 479 g/mol. The van der Waals surface area contributed by atoms with Crippen LogP contribution >= 0.6 is 0 Å². The molecule has 0 radical (unpaired) electrons. The van der Waals surface area contributed by atoms with E-state index >= 15 is 0 Å². The summed E-state index contributed by atoms with van der Waals surface area (Å²) >= 11 is 0. The third-order valence-electron chi connectivity index (χ3n) is 8.01. The lowest BCUT2D eigenvalue weighted by atomic mass is 9.59. The first-order valence-electron chi connectivity index (χ1n) is 12.0.